The summed E-state index contributed by atoms with van der Waals surface area (Å²) in [5.74, 6) is 0.521. The van der Waals surface area contributed by atoms with E-state index < -0.39 is 6.09 Å². The molecule has 3 rings (SSSR count). The van der Waals surface area contributed by atoms with Crippen molar-refractivity contribution in [3.05, 3.63) is 34.8 Å². The molecule has 2 N–H and O–H groups in total. The Morgan fingerprint density at radius 1 is 1.35 bits per heavy atom. The van der Waals surface area contributed by atoms with E-state index in [-0.39, 0.29) is 0 Å². The first-order valence-corrected chi connectivity index (χ1v) is 7.76. The minimum absolute atomic E-state index is 0.339. The van der Waals surface area contributed by atoms with Crippen molar-refractivity contribution in [2.24, 2.45) is 0 Å². The fraction of sp³-hybridized carbons (Fsp3) is 0.200. The summed E-state index contributed by atoms with van der Waals surface area (Å²) in [6, 6.07) is 5.49. The van der Waals surface area contributed by atoms with Crippen LogP contribution in [0.3, 0.4) is 0 Å². The highest BCUT2D eigenvalue weighted by Gasteiger charge is 2.11. The predicted octanol–water partition coefficient (Wildman–Crippen LogP) is 2.57. The van der Waals surface area contributed by atoms with Crippen molar-refractivity contribution in [1.29, 1.82) is 0 Å². The Morgan fingerprint density at radius 2 is 2.22 bits per heavy atom. The summed E-state index contributed by atoms with van der Waals surface area (Å²) in [5, 5.41) is 13.7. The number of nitrogens with zero attached hydrogens (tertiary/aromatic N) is 3. The molecule has 8 heteroatoms. The fourth-order valence-electron chi connectivity index (χ4n) is 2.15. The van der Waals surface area contributed by atoms with Crippen LogP contribution in [0.25, 0.3) is 22.3 Å². The minimum Gasteiger partial charge on any atom is -0.481 e. The molecule has 0 aliphatic heterocycles. The van der Waals surface area contributed by atoms with Gasteiger partial charge in [0.05, 0.1) is 23.3 Å². The first-order valence-electron chi connectivity index (χ1n) is 6.88. The van der Waals surface area contributed by atoms with E-state index >= 15 is 0 Å². The number of ether oxygens (including phenoxy) is 1. The molecule has 3 aromatic heterocycles. The third-order valence-corrected chi connectivity index (χ3v) is 4.12. The average Bonchev–Trinajstić information content (AvgIpc) is 3.02. The van der Waals surface area contributed by atoms with Gasteiger partial charge >= 0.3 is 6.09 Å². The van der Waals surface area contributed by atoms with E-state index in [0.717, 1.165) is 27.3 Å². The molecule has 0 aliphatic carbocycles. The molecule has 118 valence electrons. The Bertz CT molecular complexity index is 850. The zero-order valence-corrected chi connectivity index (χ0v) is 13.1. The molecule has 0 saturated carbocycles. The molecule has 0 radical (unpaired) electrons. The zero-order chi connectivity index (χ0) is 16.2. The largest absolute Gasteiger partial charge is 0.481 e. The molecular weight excluding hydrogens is 316 g/mol. The van der Waals surface area contributed by atoms with Crippen molar-refractivity contribution in [2.75, 3.05) is 13.7 Å². The first kappa shape index (κ1) is 15.2. The van der Waals surface area contributed by atoms with Gasteiger partial charge in [-0.25, -0.2) is 14.8 Å². The Hall–Kier alpha value is -2.74. The number of carboxylic acid groups (broad SMARTS) is 1. The van der Waals surface area contributed by atoms with Crippen molar-refractivity contribution < 1.29 is 14.6 Å². The van der Waals surface area contributed by atoms with Crippen LogP contribution in [-0.4, -0.2) is 39.8 Å². The van der Waals surface area contributed by atoms with Gasteiger partial charge in [0, 0.05) is 36.2 Å². The fourth-order valence-corrected chi connectivity index (χ4v) is 2.95. The third-order valence-electron chi connectivity index (χ3n) is 3.21. The molecule has 7 nitrogen and oxygen atoms in total. The van der Waals surface area contributed by atoms with Gasteiger partial charge < -0.3 is 15.2 Å². The summed E-state index contributed by atoms with van der Waals surface area (Å²) in [6.07, 6.45) is 1.24. The standard InChI is InChI=1S/C15H14N4O3S/c1-22-12-3-2-10-14(19-12)9(4-6-16-10)11-8-23-13(18-11)5-7-17-15(20)21/h2-4,6,8,17H,5,7H2,1H3,(H,20,21). The quantitative estimate of drug-likeness (QED) is 0.746. The molecule has 0 spiro atoms. The summed E-state index contributed by atoms with van der Waals surface area (Å²) in [7, 11) is 1.57. The molecular formula is C15H14N4O3S. The van der Waals surface area contributed by atoms with E-state index in [9.17, 15) is 4.79 Å². The van der Waals surface area contributed by atoms with Crippen LogP contribution < -0.4 is 10.1 Å². The molecule has 0 fully saturated rings. The monoisotopic (exact) mass is 330 g/mol. The molecule has 0 saturated heterocycles. The molecule has 0 unspecified atom stereocenters. The van der Waals surface area contributed by atoms with Crippen LogP contribution in [-0.2, 0) is 6.42 Å². The Morgan fingerprint density at radius 3 is 3.00 bits per heavy atom. The second-order valence-corrected chi connectivity index (χ2v) is 5.63. The van der Waals surface area contributed by atoms with Gasteiger partial charge in [-0.05, 0) is 12.1 Å². The number of nitrogens with one attached hydrogen (secondary N) is 1. The van der Waals surface area contributed by atoms with Crippen LogP contribution in [0.5, 0.6) is 5.88 Å². The highest BCUT2D eigenvalue weighted by molar-refractivity contribution is 7.10. The smallest absolute Gasteiger partial charge is 0.404 e. The first-order chi connectivity index (χ1) is 11.2. The van der Waals surface area contributed by atoms with E-state index in [1.807, 2.05) is 17.5 Å². The van der Waals surface area contributed by atoms with E-state index in [1.54, 1.807) is 19.4 Å². The van der Waals surface area contributed by atoms with Crippen LogP contribution in [0.1, 0.15) is 5.01 Å². The maximum atomic E-state index is 10.5. The molecule has 3 aromatic rings. The van der Waals surface area contributed by atoms with Crippen LogP contribution >= 0.6 is 11.3 Å². The minimum atomic E-state index is -1.03. The molecule has 3 heterocycles. The van der Waals surface area contributed by atoms with Gasteiger partial charge in [0.15, 0.2) is 0 Å². The molecule has 0 aromatic carbocycles. The number of methoxy groups -OCH3 is 1. The summed E-state index contributed by atoms with van der Waals surface area (Å²) >= 11 is 1.49. The van der Waals surface area contributed by atoms with Crippen molar-refractivity contribution in [2.45, 2.75) is 6.42 Å². The number of carbonyl (C=O) groups is 1. The lowest BCUT2D eigenvalue weighted by Gasteiger charge is -2.04. The molecule has 1 amide bonds. The zero-order valence-electron chi connectivity index (χ0n) is 12.3. The number of hydrogen-bond acceptors (Lipinski definition) is 6. The lowest BCUT2D eigenvalue weighted by Crippen LogP contribution is -2.23. The highest BCUT2D eigenvalue weighted by atomic mass is 32.1. The topological polar surface area (TPSA) is 97.2 Å². The number of aromatic nitrogens is 3. The second kappa shape index (κ2) is 6.57. The third kappa shape index (κ3) is 3.37. The molecule has 23 heavy (non-hydrogen) atoms. The van der Waals surface area contributed by atoms with Crippen molar-refractivity contribution >= 4 is 28.5 Å². The number of thiazole rings is 1. The summed E-state index contributed by atoms with van der Waals surface area (Å²) in [6.45, 7) is 0.339. The van der Waals surface area contributed by atoms with Gasteiger partial charge in [-0.15, -0.1) is 11.3 Å². The van der Waals surface area contributed by atoms with Crippen molar-refractivity contribution in [1.82, 2.24) is 20.3 Å². The Labute approximate surface area is 136 Å². The van der Waals surface area contributed by atoms with Crippen molar-refractivity contribution in [3.63, 3.8) is 0 Å². The van der Waals surface area contributed by atoms with Crippen LogP contribution in [0.4, 0.5) is 4.79 Å². The number of fused-ring (bicyclic) bond motifs is 1. The second-order valence-electron chi connectivity index (χ2n) is 4.69. The van der Waals surface area contributed by atoms with Gasteiger partial charge in [0.1, 0.15) is 5.52 Å². The van der Waals surface area contributed by atoms with E-state index in [2.05, 4.69) is 20.3 Å². The van der Waals surface area contributed by atoms with Crippen molar-refractivity contribution in [3.8, 4) is 17.1 Å². The lowest BCUT2D eigenvalue weighted by atomic mass is 10.1. The SMILES string of the molecule is COc1ccc2nccc(-c3csc(CCNC(=O)O)n3)c2n1. The van der Waals surface area contributed by atoms with E-state index in [1.165, 1.54) is 11.3 Å². The van der Waals surface area contributed by atoms with Gasteiger partial charge in [-0.2, -0.15) is 0 Å². The maximum absolute atomic E-state index is 10.5. The molecule has 0 aliphatic rings. The highest BCUT2D eigenvalue weighted by Crippen LogP contribution is 2.28. The summed E-state index contributed by atoms with van der Waals surface area (Å²) < 4.78 is 5.17. The van der Waals surface area contributed by atoms with Gasteiger partial charge in [0.25, 0.3) is 0 Å². The van der Waals surface area contributed by atoms with Crippen LogP contribution in [0, 0.1) is 0 Å². The summed E-state index contributed by atoms with van der Waals surface area (Å²) in [5.41, 5.74) is 3.17. The summed E-state index contributed by atoms with van der Waals surface area (Å²) in [4.78, 5) is 23.8. The van der Waals surface area contributed by atoms with Crippen LogP contribution in [0.2, 0.25) is 0 Å². The normalized spacial score (nSPS) is 10.7. The predicted molar refractivity (Wildman–Crippen MR) is 86.9 cm³/mol. The Balaban J connectivity index is 1.91. The number of pyridine rings is 2. The number of rotatable bonds is 5. The van der Waals surface area contributed by atoms with Crippen LogP contribution in [0.15, 0.2) is 29.8 Å². The molecule has 0 bridgehead atoms. The maximum Gasteiger partial charge on any atom is 0.404 e. The van der Waals surface area contributed by atoms with E-state index in [4.69, 9.17) is 9.84 Å². The Kier molecular flexibility index (Phi) is 4.33. The average molecular weight is 330 g/mol. The lowest BCUT2D eigenvalue weighted by molar-refractivity contribution is 0.194. The molecule has 0 atom stereocenters. The van der Waals surface area contributed by atoms with E-state index in [0.29, 0.717) is 18.8 Å². The number of amides is 1. The van der Waals surface area contributed by atoms with Gasteiger partial charge in [-0.1, -0.05) is 0 Å². The van der Waals surface area contributed by atoms with Gasteiger partial charge in [0.2, 0.25) is 5.88 Å². The van der Waals surface area contributed by atoms with Gasteiger partial charge in [-0.3, -0.25) is 4.98 Å². The number of hydrogen-bond donors (Lipinski definition) is 2.